The number of non-ortho nitro benzene ring substituents is 1. The number of carbonyl (C=O) groups excluding carboxylic acids is 1. The van der Waals surface area contributed by atoms with Crippen molar-refractivity contribution < 1.29 is 14.5 Å². The Morgan fingerprint density at radius 3 is 2.20 bits per heavy atom. The molecule has 3 aromatic rings. The van der Waals surface area contributed by atoms with Crippen molar-refractivity contribution in [3.8, 4) is 5.75 Å². The van der Waals surface area contributed by atoms with E-state index in [-0.39, 0.29) is 23.9 Å². The largest absolute Gasteiger partial charge is 0.494 e. The zero-order valence-electron chi connectivity index (χ0n) is 17.0. The summed E-state index contributed by atoms with van der Waals surface area (Å²) >= 11 is 0. The number of carbonyl (C=O) groups is 1. The van der Waals surface area contributed by atoms with Crippen LogP contribution >= 0.6 is 0 Å². The van der Waals surface area contributed by atoms with Crippen molar-refractivity contribution in [3.63, 3.8) is 0 Å². The molecule has 1 atom stereocenters. The van der Waals surface area contributed by atoms with Crippen LogP contribution in [0.2, 0.25) is 0 Å². The number of hydrogen-bond acceptors (Lipinski definition) is 5. The molecule has 0 aromatic heterocycles. The number of nitro benzene ring substituents is 1. The van der Waals surface area contributed by atoms with Gasteiger partial charge in [-0.3, -0.25) is 14.9 Å². The molecule has 1 unspecified atom stereocenters. The number of ketones is 1. The molecule has 3 rings (SSSR count). The number of Topliss-reactive ketones (excluding diaryl/α,β-unsaturated/α-hetero) is 1. The van der Waals surface area contributed by atoms with Gasteiger partial charge in [-0.15, -0.1) is 0 Å². The van der Waals surface area contributed by atoms with Crippen molar-refractivity contribution in [1.82, 2.24) is 0 Å². The van der Waals surface area contributed by atoms with E-state index < -0.39 is 4.92 Å². The van der Waals surface area contributed by atoms with Crippen LogP contribution in [0.4, 0.5) is 11.4 Å². The lowest BCUT2D eigenvalue weighted by atomic mass is 9.97. The van der Waals surface area contributed by atoms with Gasteiger partial charge in [-0.2, -0.15) is 0 Å². The summed E-state index contributed by atoms with van der Waals surface area (Å²) in [4.78, 5) is 23.3. The van der Waals surface area contributed by atoms with E-state index >= 15 is 0 Å². The molecule has 0 bridgehead atoms. The summed E-state index contributed by atoms with van der Waals surface area (Å²) in [5.41, 5.74) is 3.41. The van der Waals surface area contributed by atoms with Gasteiger partial charge in [0.1, 0.15) is 5.75 Å². The number of benzene rings is 3. The summed E-state index contributed by atoms with van der Waals surface area (Å²) in [6.45, 7) is 4.48. The zero-order chi connectivity index (χ0) is 21.5. The Labute approximate surface area is 175 Å². The van der Waals surface area contributed by atoms with Gasteiger partial charge in [0.2, 0.25) is 0 Å². The van der Waals surface area contributed by atoms with Gasteiger partial charge >= 0.3 is 0 Å². The fraction of sp³-hybridized carbons (Fsp3) is 0.208. The van der Waals surface area contributed by atoms with Crippen molar-refractivity contribution in [2.75, 3.05) is 11.9 Å². The van der Waals surface area contributed by atoms with E-state index in [0.717, 1.165) is 16.9 Å². The van der Waals surface area contributed by atoms with Crippen molar-refractivity contribution in [1.29, 1.82) is 0 Å². The molecule has 6 nitrogen and oxygen atoms in total. The van der Waals surface area contributed by atoms with E-state index in [9.17, 15) is 14.9 Å². The van der Waals surface area contributed by atoms with Crippen molar-refractivity contribution in [2.24, 2.45) is 0 Å². The maximum absolute atomic E-state index is 12.9. The number of anilines is 1. The molecule has 154 valence electrons. The third kappa shape index (κ3) is 5.44. The number of nitro groups is 1. The molecule has 0 heterocycles. The predicted octanol–water partition coefficient (Wildman–Crippen LogP) is 5.73. The molecule has 30 heavy (non-hydrogen) atoms. The summed E-state index contributed by atoms with van der Waals surface area (Å²) in [6.07, 6.45) is 0.244. The Morgan fingerprint density at radius 2 is 1.63 bits per heavy atom. The van der Waals surface area contributed by atoms with Gasteiger partial charge in [-0.05, 0) is 43.7 Å². The van der Waals surface area contributed by atoms with Crippen LogP contribution in [0.1, 0.15) is 40.9 Å². The average Bonchev–Trinajstić information content (AvgIpc) is 2.75. The quantitative estimate of drug-likeness (QED) is 0.280. The molecule has 1 N–H and O–H groups in total. The highest BCUT2D eigenvalue weighted by atomic mass is 16.6. The third-order valence-electron chi connectivity index (χ3n) is 4.78. The summed E-state index contributed by atoms with van der Waals surface area (Å²) in [6, 6.07) is 21.0. The molecule has 0 spiro atoms. The van der Waals surface area contributed by atoms with Gasteiger partial charge < -0.3 is 10.1 Å². The molecule has 0 saturated heterocycles. The molecule has 3 aromatic carbocycles. The summed E-state index contributed by atoms with van der Waals surface area (Å²) in [7, 11) is 0. The van der Waals surface area contributed by atoms with Crippen LogP contribution in [0.5, 0.6) is 5.75 Å². The smallest absolute Gasteiger partial charge is 0.269 e. The first-order valence-electron chi connectivity index (χ1n) is 9.80. The summed E-state index contributed by atoms with van der Waals surface area (Å²) < 4.78 is 5.50. The molecular formula is C24H24N2O4. The second-order valence-electron chi connectivity index (χ2n) is 7.00. The van der Waals surface area contributed by atoms with Crippen LogP contribution in [0.25, 0.3) is 0 Å². The number of rotatable bonds is 9. The summed E-state index contributed by atoms with van der Waals surface area (Å²) in [5, 5.41) is 14.2. The monoisotopic (exact) mass is 404 g/mol. The highest BCUT2D eigenvalue weighted by molar-refractivity contribution is 5.96. The van der Waals surface area contributed by atoms with E-state index in [1.165, 1.54) is 12.1 Å². The Kier molecular flexibility index (Phi) is 6.80. The standard InChI is InChI=1S/C24H24N2O4/c1-3-30-22-14-8-18(9-15-22)23(16-24(27)19-6-4-17(2)5-7-19)25-20-10-12-21(13-11-20)26(28)29/h4-15,23,25H,3,16H2,1-2H3. The lowest BCUT2D eigenvalue weighted by molar-refractivity contribution is -0.384. The lowest BCUT2D eigenvalue weighted by Crippen LogP contribution is -2.16. The van der Waals surface area contributed by atoms with Gasteiger partial charge in [0, 0.05) is 29.8 Å². The van der Waals surface area contributed by atoms with E-state index in [4.69, 9.17) is 4.74 Å². The van der Waals surface area contributed by atoms with Crippen LogP contribution in [-0.2, 0) is 0 Å². The van der Waals surface area contributed by atoms with E-state index in [1.807, 2.05) is 62.4 Å². The number of aryl methyl sites for hydroxylation is 1. The molecule has 0 fully saturated rings. The van der Waals surface area contributed by atoms with Crippen molar-refractivity contribution >= 4 is 17.2 Å². The highest BCUT2D eigenvalue weighted by Crippen LogP contribution is 2.27. The molecular weight excluding hydrogens is 380 g/mol. The van der Waals surface area contributed by atoms with Crippen LogP contribution < -0.4 is 10.1 Å². The Balaban J connectivity index is 1.84. The van der Waals surface area contributed by atoms with Crippen LogP contribution in [0, 0.1) is 17.0 Å². The first-order chi connectivity index (χ1) is 14.5. The molecule has 0 saturated carbocycles. The van der Waals surface area contributed by atoms with Gasteiger partial charge in [0.05, 0.1) is 17.6 Å². The molecule has 0 amide bonds. The van der Waals surface area contributed by atoms with Crippen LogP contribution in [0.15, 0.2) is 72.8 Å². The topological polar surface area (TPSA) is 81.5 Å². The summed E-state index contributed by atoms with van der Waals surface area (Å²) in [5.74, 6) is 0.781. The van der Waals surface area contributed by atoms with Crippen LogP contribution in [-0.4, -0.2) is 17.3 Å². The SMILES string of the molecule is CCOc1ccc(C(CC(=O)c2ccc(C)cc2)Nc2ccc([N+](=O)[O-])cc2)cc1. The first-order valence-corrected chi connectivity index (χ1v) is 9.80. The Morgan fingerprint density at radius 1 is 1.00 bits per heavy atom. The predicted molar refractivity (Wildman–Crippen MR) is 117 cm³/mol. The van der Waals surface area contributed by atoms with Gasteiger partial charge in [0.25, 0.3) is 5.69 Å². The minimum Gasteiger partial charge on any atom is -0.494 e. The van der Waals surface area contributed by atoms with Crippen molar-refractivity contribution in [3.05, 3.63) is 99.6 Å². The van der Waals surface area contributed by atoms with Gasteiger partial charge in [-0.25, -0.2) is 0 Å². The fourth-order valence-electron chi connectivity index (χ4n) is 3.14. The number of nitrogens with zero attached hydrogens (tertiary/aromatic N) is 1. The van der Waals surface area contributed by atoms with Crippen LogP contribution in [0.3, 0.4) is 0 Å². The number of nitrogens with one attached hydrogen (secondary N) is 1. The maximum atomic E-state index is 12.9. The molecule has 0 aliphatic heterocycles. The maximum Gasteiger partial charge on any atom is 0.269 e. The van der Waals surface area contributed by atoms with Gasteiger partial charge in [-0.1, -0.05) is 42.0 Å². The van der Waals surface area contributed by atoms with E-state index in [0.29, 0.717) is 17.9 Å². The Hall–Kier alpha value is -3.67. The van der Waals surface area contributed by atoms with Gasteiger partial charge in [0.15, 0.2) is 5.78 Å². The molecule has 0 radical (unpaired) electrons. The second kappa shape index (κ2) is 9.69. The normalized spacial score (nSPS) is 11.5. The zero-order valence-corrected chi connectivity index (χ0v) is 17.0. The third-order valence-corrected chi connectivity index (χ3v) is 4.78. The van der Waals surface area contributed by atoms with E-state index in [2.05, 4.69) is 5.32 Å². The number of ether oxygens (including phenoxy) is 1. The second-order valence-corrected chi connectivity index (χ2v) is 7.00. The number of hydrogen-bond donors (Lipinski definition) is 1. The Bertz CT molecular complexity index is 997. The lowest BCUT2D eigenvalue weighted by Gasteiger charge is -2.20. The first kappa shape index (κ1) is 21.0. The molecule has 0 aliphatic rings. The average molecular weight is 404 g/mol. The highest BCUT2D eigenvalue weighted by Gasteiger charge is 2.18. The molecule has 0 aliphatic carbocycles. The van der Waals surface area contributed by atoms with Crippen molar-refractivity contribution in [2.45, 2.75) is 26.3 Å². The molecule has 6 heteroatoms. The van der Waals surface area contributed by atoms with E-state index in [1.54, 1.807) is 12.1 Å². The minimum absolute atomic E-state index is 0.0169. The fourth-order valence-corrected chi connectivity index (χ4v) is 3.14. The minimum atomic E-state index is -0.436.